The Morgan fingerprint density at radius 2 is 1.55 bits per heavy atom. The number of halogens is 1. The van der Waals surface area contributed by atoms with E-state index in [0.717, 1.165) is 87.5 Å². The Morgan fingerprint density at radius 3 is 2.30 bits per heavy atom. The first kappa shape index (κ1) is 43.9. The Morgan fingerprint density at radius 1 is 0.791 bits per heavy atom. The normalized spacial score (nSPS) is 22.2. The van der Waals surface area contributed by atoms with Gasteiger partial charge in [-0.1, -0.05) is 24.3 Å². The Bertz CT molecular complexity index is 2620. The van der Waals surface area contributed by atoms with Gasteiger partial charge in [0.15, 0.2) is 11.5 Å². The topological polar surface area (TPSA) is 211 Å². The van der Waals surface area contributed by atoms with Gasteiger partial charge in [0, 0.05) is 63.6 Å². The average Bonchev–Trinajstić information content (AvgIpc) is 3.84. The van der Waals surface area contributed by atoms with Gasteiger partial charge in [-0.3, -0.25) is 39.1 Å². The number of anilines is 5. The van der Waals surface area contributed by atoms with Crippen LogP contribution in [0.15, 0.2) is 66.7 Å². The first-order valence-electron chi connectivity index (χ1n) is 23.3. The number of nitrogens with one attached hydrogen (secondary N) is 2. The zero-order valence-corrected chi connectivity index (χ0v) is 37.1. The number of amides is 7. The van der Waals surface area contributed by atoms with Crippen LogP contribution in [0, 0.1) is 11.7 Å². The van der Waals surface area contributed by atoms with Gasteiger partial charge in [0.2, 0.25) is 17.8 Å². The molecule has 2 unspecified atom stereocenters. The van der Waals surface area contributed by atoms with Crippen LogP contribution in [-0.4, -0.2) is 136 Å². The molecule has 0 radical (unpaired) electrons. The number of piperidine rings is 4. The third kappa shape index (κ3) is 8.74. The molecule has 2 atom stereocenters. The van der Waals surface area contributed by atoms with Crippen molar-refractivity contribution in [3.05, 3.63) is 94.9 Å². The molecular formula is C48H53FN12O6. The number of hydrogen-bond acceptors (Lipinski definition) is 13. The molecule has 67 heavy (non-hydrogen) atoms. The highest BCUT2D eigenvalue weighted by atomic mass is 19.1. The SMILES string of the molecule is NC(=O)c1nnc(N2CCCC(N3CCN(c4ccccc4F)C3=O)C2)nc1Nc1ccc(C2CCN(CC3CCN(c4ccc5c(c4)C(=O)N(C4CCC(=O)NC4=O)C5=O)CC3)CC2)cc1. The highest BCUT2D eigenvalue weighted by molar-refractivity contribution is 6.23. The summed E-state index contributed by atoms with van der Waals surface area (Å²) < 4.78 is 14.6. The van der Waals surface area contributed by atoms with Gasteiger partial charge in [-0.05, 0) is 118 Å². The van der Waals surface area contributed by atoms with Crippen LogP contribution >= 0.6 is 0 Å². The van der Waals surface area contributed by atoms with Crippen LogP contribution in [0.25, 0.3) is 0 Å². The van der Waals surface area contributed by atoms with Gasteiger partial charge in [0.05, 0.1) is 22.9 Å². The summed E-state index contributed by atoms with van der Waals surface area (Å²) in [5.74, 6) is -1.71. The molecule has 19 heteroatoms. The van der Waals surface area contributed by atoms with Crippen LogP contribution in [0.4, 0.5) is 38.0 Å². The summed E-state index contributed by atoms with van der Waals surface area (Å²) in [6.07, 6.45) is 5.87. The molecule has 3 aromatic carbocycles. The van der Waals surface area contributed by atoms with E-state index < -0.39 is 41.4 Å². The number of hydrogen-bond donors (Lipinski definition) is 3. The standard InChI is InChI=1S/C48H53FN12O6/c49-37-5-1-2-6-38(37)60-25-24-59(48(60)67)34-4-3-19-58(28-34)47-53-43(41(42(50)63)54-55-47)51-32-9-7-30(8-10-32)31-17-20-56(21-18-31)27-29-15-22-57(23-16-29)33-11-12-35-36(26-33)46(66)61(45(35)65)39-13-14-40(62)52-44(39)64/h1-2,5-12,26,29,31,34,39H,3-4,13-25,27-28H2,(H2,50,63)(H,51,53,55)(H,52,62,64). The number of carbonyl (C=O) groups excluding carboxylic acids is 6. The van der Waals surface area contributed by atoms with Crippen molar-refractivity contribution < 1.29 is 33.2 Å². The third-order valence-electron chi connectivity index (χ3n) is 14.4. The maximum absolute atomic E-state index is 14.6. The van der Waals surface area contributed by atoms with E-state index in [0.29, 0.717) is 49.5 Å². The minimum absolute atomic E-state index is 0.0767. The fourth-order valence-corrected chi connectivity index (χ4v) is 10.7. The molecule has 6 aliphatic heterocycles. The minimum Gasteiger partial charge on any atom is -0.371 e. The molecule has 7 heterocycles. The Kier molecular flexibility index (Phi) is 12.0. The number of primary amides is 1. The lowest BCUT2D eigenvalue weighted by molar-refractivity contribution is -0.136. The number of likely N-dealkylation sites (tertiary alicyclic amines) is 1. The molecule has 348 valence electrons. The zero-order chi connectivity index (χ0) is 46.3. The number of carbonyl (C=O) groups is 6. The summed E-state index contributed by atoms with van der Waals surface area (Å²) in [6, 6.07) is 18.5. The van der Waals surface area contributed by atoms with Crippen molar-refractivity contribution in [1.82, 2.24) is 35.2 Å². The van der Waals surface area contributed by atoms with Gasteiger partial charge in [0.1, 0.15) is 11.9 Å². The van der Waals surface area contributed by atoms with Crippen molar-refractivity contribution in [3.63, 3.8) is 0 Å². The quantitative estimate of drug-likeness (QED) is 0.180. The summed E-state index contributed by atoms with van der Waals surface area (Å²) >= 11 is 0. The maximum atomic E-state index is 14.6. The molecule has 7 amide bonds. The Balaban J connectivity index is 0.703. The number of rotatable bonds is 11. The molecule has 10 rings (SSSR count). The van der Waals surface area contributed by atoms with Crippen molar-refractivity contribution in [2.24, 2.45) is 11.7 Å². The second-order valence-electron chi connectivity index (χ2n) is 18.4. The molecule has 0 bridgehead atoms. The second-order valence-corrected chi connectivity index (χ2v) is 18.4. The molecule has 5 fully saturated rings. The molecular weight excluding hydrogens is 860 g/mol. The number of fused-ring (bicyclic) bond motifs is 1. The van der Waals surface area contributed by atoms with Crippen molar-refractivity contribution in [3.8, 4) is 0 Å². The molecule has 4 N–H and O–H groups in total. The Hall–Kier alpha value is -7.02. The van der Waals surface area contributed by atoms with Gasteiger partial charge in [-0.2, -0.15) is 4.98 Å². The minimum atomic E-state index is -0.983. The van der Waals surface area contributed by atoms with Crippen molar-refractivity contribution in [2.75, 3.05) is 78.9 Å². The number of para-hydroxylation sites is 1. The molecule has 0 aliphatic carbocycles. The van der Waals surface area contributed by atoms with E-state index in [-0.39, 0.29) is 47.7 Å². The van der Waals surface area contributed by atoms with Gasteiger partial charge < -0.3 is 30.7 Å². The molecule has 18 nitrogen and oxygen atoms in total. The van der Waals surface area contributed by atoms with Gasteiger partial charge in [-0.15, -0.1) is 10.2 Å². The van der Waals surface area contributed by atoms with E-state index in [9.17, 15) is 33.2 Å². The van der Waals surface area contributed by atoms with Crippen LogP contribution in [-0.2, 0) is 9.59 Å². The van der Waals surface area contributed by atoms with Crippen LogP contribution in [0.2, 0.25) is 0 Å². The van der Waals surface area contributed by atoms with Crippen molar-refractivity contribution in [2.45, 2.75) is 69.4 Å². The molecule has 6 aliphatic rings. The largest absolute Gasteiger partial charge is 0.371 e. The van der Waals surface area contributed by atoms with Gasteiger partial charge >= 0.3 is 6.03 Å². The number of benzene rings is 3. The third-order valence-corrected chi connectivity index (χ3v) is 14.4. The lowest BCUT2D eigenvalue weighted by Crippen LogP contribution is -2.54. The lowest BCUT2D eigenvalue weighted by Gasteiger charge is -2.38. The number of urea groups is 1. The average molecular weight is 913 g/mol. The molecule has 0 saturated carbocycles. The maximum Gasteiger partial charge on any atom is 0.325 e. The number of imide groups is 2. The summed E-state index contributed by atoms with van der Waals surface area (Å²) in [4.78, 5) is 92.4. The molecule has 0 spiro atoms. The van der Waals surface area contributed by atoms with E-state index >= 15 is 0 Å². The van der Waals surface area contributed by atoms with Crippen LogP contribution in [0.3, 0.4) is 0 Å². The molecule has 4 aromatic rings. The first-order chi connectivity index (χ1) is 32.5. The van der Waals surface area contributed by atoms with E-state index in [1.807, 2.05) is 23.1 Å². The number of nitrogens with two attached hydrogens (primary N) is 1. The Labute approximate surface area is 386 Å². The van der Waals surface area contributed by atoms with E-state index in [2.05, 4.69) is 42.8 Å². The van der Waals surface area contributed by atoms with E-state index in [1.165, 1.54) is 16.5 Å². The highest BCUT2D eigenvalue weighted by Gasteiger charge is 2.45. The van der Waals surface area contributed by atoms with Gasteiger partial charge in [-0.25, -0.2) is 9.18 Å². The fraction of sp³-hybridized carbons (Fsp3) is 0.438. The van der Waals surface area contributed by atoms with Crippen LogP contribution in [0.1, 0.15) is 94.1 Å². The molecule has 5 saturated heterocycles. The monoisotopic (exact) mass is 912 g/mol. The fourth-order valence-electron chi connectivity index (χ4n) is 10.7. The predicted octanol–water partition coefficient (Wildman–Crippen LogP) is 4.26. The van der Waals surface area contributed by atoms with Crippen LogP contribution < -0.4 is 31.1 Å². The van der Waals surface area contributed by atoms with E-state index in [4.69, 9.17) is 10.7 Å². The first-order valence-corrected chi connectivity index (χ1v) is 23.3. The zero-order valence-electron chi connectivity index (χ0n) is 37.1. The second kappa shape index (κ2) is 18.3. The lowest BCUT2D eigenvalue weighted by atomic mass is 9.88. The van der Waals surface area contributed by atoms with Crippen LogP contribution in [0.5, 0.6) is 0 Å². The van der Waals surface area contributed by atoms with E-state index in [1.54, 1.807) is 35.2 Å². The number of aromatic nitrogens is 3. The highest BCUT2D eigenvalue weighted by Crippen LogP contribution is 2.35. The summed E-state index contributed by atoms with van der Waals surface area (Å²) in [6.45, 7) is 6.68. The smallest absolute Gasteiger partial charge is 0.325 e. The summed E-state index contributed by atoms with van der Waals surface area (Å²) in [5, 5.41) is 13.9. The summed E-state index contributed by atoms with van der Waals surface area (Å²) in [7, 11) is 0. The predicted molar refractivity (Wildman–Crippen MR) is 246 cm³/mol. The number of nitrogens with zero attached hydrogens (tertiary/aromatic N) is 9. The van der Waals surface area contributed by atoms with Gasteiger partial charge in [0.25, 0.3) is 17.7 Å². The van der Waals surface area contributed by atoms with Crippen molar-refractivity contribution in [1.29, 1.82) is 0 Å². The molecule has 1 aromatic heterocycles. The van der Waals surface area contributed by atoms with Crippen molar-refractivity contribution >= 4 is 64.4 Å². The summed E-state index contributed by atoms with van der Waals surface area (Å²) in [5.41, 5.74) is 9.35.